The van der Waals surface area contributed by atoms with Crippen molar-refractivity contribution in [2.75, 3.05) is 0 Å². The SMILES string of the molecule is O=C(NCc1nc(-c2ccncc2)no1)C1CCCCC1C(F)(F)F. The first-order valence-corrected chi connectivity index (χ1v) is 8.02. The molecule has 0 aromatic carbocycles. The molecule has 2 aromatic heterocycles. The monoisotopic (exact) mass is 354 g/mol. The third kappa shape index (κ3) is 4.15. The lowest BCUT2D eigenvalue weighted by Gasteiger charge is -2.31. The molecule has 2 unspecified atom stereocenters. The predicted octanol–water partition coefficient (Wildman–Crippen LogP) is 3.12. The van der Waals surface area contributed by atoms with E-state index >= 15 is 0 Å². The standard InChI is InChI=1S/C16H17F3N4O2/c17-16(18,19)12-4-2-1-3-11(12)15(24)21-9-13-22-14(23-25-13)10-5-7-20-8-6-10/h5-8,11-12H,1-4,9H2,(H,21,24). The van der Waals surface area contributed by atoms with Crippen LogP contribution in [0.2, 0.25) is 0 Å². The summed E-state index contributed by atoms with van der Waals surface area (Å²) >= 11 is 0. The van der Waals surface area contributed by atoms with Crippen LogP contribution < -0.4 is 5.32 Å². The van der Waals surface area contributed by atoms with E-state index in [9.17, 15) is 18.0 Å². The van der Waals surface area contributed by atoms with Crippen molar-refractivity contribution in [1.29, 1.82) is 0 Å². The van der Waals surface area contributed by atoms with Gasteiger partial charge in [-0.05, 0) is 25.0 Å². The molecule has 134 valence electrons. The molecule has 3 rings (SSSR count). The molecule has 0 spiro atoms. The van der Waals surface area contributed by atoms with E-state index in [1.54, 1.807) is 24.5 Å². The van der Waals surface area contributed by atoms with Crippen LogP contribution in [0.4, 0.5) is 13.2 Å². The van der Waals surface area contributed by atoms with E-state index in [1.807, 2.05) is 0 Å². The molecule has 9 heteroatoms. The number of hydrogen-bond donors (Lipinski definition) is 1. The molecule has 1 aliphatic carbocycles. The Kier molecular flexibility index (Phi) is 5.00. The fourth-order valence-electron chi connectivity index (χ4n) is 3.08. The van der Waals surface area contributed by atoms with Gasteiger partial charge >= 0.3 is 6.18 Å². The summed E-state index contributed by atoms with van der Waals surface area (Å²) in [6, 6.07) is 3.40. The van der Waals surface area contributed by atoms with Gasteiger partial charge in [0.25, 0.3) is 0 Å². The Hall–Kier alpha value is -2.45. The number of nitrogens with zero attached hydrogens (tertiary/aromatic N) is 3. The molecule has 1 aliphatic rings. The molecule has 2 atom stereocenters. The first-order valence-electron chi connectivity index (χ1n) is 8.02. The zero-order chi connectivity index (χ0) is 17.9. The lowest BCUT2D eigenvalue weighted by Crippen LogP contribution is -2.42. The Morgan fingerprint density at radius 3 is 2.68 bits per heavy atom. The summed E-state index contributed by atoms with van der Waals surface area (Å²) in [4.78, 5) is 20.2. The molecule has 0 bridgehead atoms. The average Bonchev–Trinajstić information content (AvgIpc) is 3.09. The van der Waals surface area contributed by atoms with Crippen molar-refractivity contribution in [3.05, 3.63) is 30.4 Å². The maximum Gasteiger partial charge on any atom is 0.392 e. The van der Waals surface area contributed by atoms with Crippen LogP contribution in [0.5, 0.6) is 0 Å². The van der Waals surface area contributed by atoms with Crippen LogP contribution in [0.25, 0.3) is 11.4 Å². The fourth-order valence-corrected chi connectivity index (χ4v) is 3.08. The zero-order valence-corrected chi connectivity index (χ0v) is 13.3. The number of rotatable bonds is 4. The predicted molar refractivity (Wildman–Crippen MR) is 80.9 cm³/mol. The molecular formula is C16H17F3N4O2. The van der Waals surface area contributed by atoms with Gasteiger partial charge in [-0.2, -0.15) is 18.2 Å². The van der Waals surface area contributed by atoms with Crippen molar-refractivity contribution in [2.24, 2.45) is 11.8 Å². The van der Waals surface area contributed by atoms with Gasteiger partial charge in [-0.25, -0.2) is 0 Å². The molecule has 1 N–H and O–H groups in total. The minimum absolute atomic E-state index is 0.00562. The second-order valence-corrected chi connectivity index (χ2v) is 6.00. The van der Waals surface area contributed by atoms with Crippen molar-refractivity contribution >= 4 is 5.91 Å². The molecule has 1 saturated carbocycles. The molecule has 2 aromatic rings. The summed E-state index contributed by atoms with van der Waals surface area (Å²) in [6.07, 6.45) is 0.142. The quantitative estimate of drug-likeness (QED) is 0.912. The van der Waals surface area contributed by atoms with Crippen LogP contribution in [0.15, 0.2) is 29.0 Å². The van der Waals surface area contributed by atoms with Gasteiger partial charge in [-0.15, -0.1) is 0 Å². The van der Waals surface area contributed by atoms with E-state index in [2.05, 4.69) is 20.4 Å². The van der Waals surface area contributed by atoms with E-state index < -0.39 is 23.9 Å². The molecule has 0 radical (unpaired) electrons. The number of hydrogen-bond acceptors (Lipinski definition) is 5. The van der Waals surface area contributed by atoms with E-state index in [-0.39, 0.29) is 25.3 Å². The summed E-state index contributed by atoms with van der Waals surface area (Å²) in [6.45, 7) is -0.0992. The van der Waals surface area contributed by atoms with Crippen LogP contribution >= 0.6 is 0 Å². The Morgan fingerprint density at radius 1 is 1.24 bits per heavy atom. The maximum atomic E-state index is 13.1. The van der Waals surface area contributed by atoms with Crippen molar-refractivity contribution in [1.82, 2.24) is 20.4 Å². The van der Waals surface area contributed by atoms with E-state index in [0.717, 1.165) is 0 Å². The van der Waals surface area contributed by atoms with Gasteiger partial charge in [0.15, 0.2) is 0 Å². The molecule has 6 nitrogen and oxygen atoms in total. The van der Waals surface area contributed by atoms with Gasteiger partial charge in [0.2, 0.25) is 17.6 Å². The van der Waals surface area contributed by atoms with Gasteiger partial charge in [-0.3, -0.25) is 9.78 Å². The molecular weight excluding hydrogens is 337 g/mol. The number of amides is 1. The molecule has 1 amide bonds. The molecule has 0 saturated heterocycles. The summed E-state index contributed by atoms with van der Waals surface area (Å²) in [5, 5.41) is 6.27. The van der Waals surface area contributed by atoms with Crippen molar-refractivity contribution in [3.8, 4) is 11.4 Å². The zero-order valence-electron chi connectivity index (χ0n) is 13.3. The lowest BCUT2D eigenvalue weighted by atomic mass is 9.78. The van der Waals surface area contributed by atoms with Crippen molar-refractivity contribution in [2.45, 2.75) is 38.4 Å². The highest BCUT2D eigenvalue weighted by molar-refractivity contribution is 5.79. The minimum atomic E-state index is -4.36. The number of nitrogens with one attached hydrogen (secondary N) is 1. The van der Waals surface area contributed by atoms with E-state index in [1.165, 1.54) is 0 Å². The van der Waals surface area contributed by atoms with Crippen LogP contribution in [0, 0.1) is 11.8 Å². The van der Waals surface area contributed by atoms with Crippen LogP contribution in [0.1, 0.15) is 31.6 Å². The van der Waals surface area contributed by atoms with Gasteiger partial charge in [0.05, 0.1) is 12.5 Å². The van der Waals surface area contributed by atoms with E-state index in [0.29, 0.717) is 24.2 Å². The summed E-state index contributed by atoms with van der Waals surface area (Å²) in [5.41, 5.74) is 0.695. The van der Waals surface area contributed by atoms with Crippen LogP contribution in [0.3, 0.4) is 0 Å². The Labute approximate surface area is 141 Å². The number of carbonyl (C=O) groups excluding carboxylic acids is 1. The third-order valence-corrected chi connectivity index (χ3v) is 4.34. The number of halogens is 3. The summed E-state index contributed by atoms with van der Waals surface area (Å²) in [7, 11) is 0. The third-order valence-electron chi connectivity index (χ3n) is 4.34. The van der Waals surface area contributed by atoms with Crippen molar-refractivity contribution < 1.29 is 22.5 Å². The summed E-state index contributed by atoms with van der Waals surface area (Å²) in [5.74, 6) is -2.80. The number of alkyl halides is 3. The van der Waals surface area contributed by atoms with Crippen molar-refractivity contribution in [3.63, 3.8) is 0 Å². The Bertz CT molecular complexity index is 718. The first-order chi connectivity index (χ1) is 11.9. The molecule has 2 heterocycles. The maximum absolute atomic E-state index is 13.1. The minimum Gasteiger partial charge on any atom is -0.347 e. The highest BCUT2D eigenvalue weighted by Gasteiger charge is 2.47. The molecule has 1 fully saturated rings. The van der Waals surface area contributed by atoms with Crippen LogP contribution in [-0.2, 0) is 11.3 Å². The van der Waals surface area contributed by atoms with E-state index in [4.69, 9.17) is 4.52 Å². The van der Waals surface area contributed by atoms with Gasteiger partial charge in [-0.1, -0.05) is 18.0 Å². The first kappa shape index (κ1) is 17.4. The normalized spacial score (nSPS) is 21.1. The Morgan fingerprint density at radius 2 is 1.96 bits per heavy atom. The number of carbonyl (C=O) groups is 1. The molecule has 0 aliphatic heterocycles. The number of aromatic nitrogens is 3. The Balaban J connectivity index is 1.61. The topological polar surface area (TPSA) is 80.9 Å². The highest BCUT2D eigenvalue weighted by atomic mass is 19.4. The highest BCUT2D eigenvalue weighted by Crippen LogP contribution is 2.41. The number of pyridine rings is 1. The second-order valence-electron chi connectivity index (χ2n) is 6.00. The second kappa shape index (κ2) is 7.20. The van der Waals surface area contributed by atoms with Gasteiger partial charge in [0.1, 0.15) is 0 Å². The average molecular weight is 354 g/mol. The van der Waals surface area contributed by atoms with Gasteiger partial charge < -0.3 is 9.84 Å². The fraction of sp³-hybridized carbons (Fsp3) is 0.500. The largest absolute Gasteiger partial charge is 0.392 e. The van der Waals surface area contributed by atoms with Crippen LogP contribution in [-0.4, -0.2) is 27.2 Å². The van der Waals surface area contributed by atoms with Gasteiger partial charge in [0, 0.05) is 23.9 Å². The smallest absolute Gasteiger partial charge is 0.347 e. The lowest BCUT2D eigenvalue weighted by molar-refractivity contribution is -0.198. The molecule has 25 heavy (non-hydrogen) atoms. The summed E-state index contributed by atoms with van der Waals surface area (Å²) < 4.78 is 44.3.